The molecule has 1 amide bonds. The summed E-state index contributed by atoms with van der Waals surface area (Å²) in [6, 6.07) is 13.6. The van der Waals surface area contributed by atoms with Gasteiger partial charge < -0.3 is 10.1 Å². The predicted octanol–water partition coefficient (Wildman–Crippen LogP) is 5.40. The van der Waals surface area contributed by atoms with Crippen molar-refractivity contribution in [3.8, 4) is 5.75 Å². The molecule has 0 aliphatic rings. The van der Waals surface area contributed by atoms with Gasteiger partial charge in [0.05, 0.1) is 6.61 Å². The number of benzene rings is 2. The van der Waals surface area contributed by atoms with Crippen LogP contribution in [-0.2, 0) is 11.2 Å². The molecule has 0 spiro atoms. The minimum absolute atomic E-state index is 0.0257. The first-order valence-corrected chi connectivity index (χ1v) is 8.74. The van der Waals surface area contributed by atoms with Crippen LogP contribution in [0.3, 0.4) is 0 Å². The molecule has 0 radical (unpaired) electrons. The van der Waals surface area contributed by atoms with Crippen LogP contribution in [-0.4, -0.2) is 12.5 Å². The third kappa shape index (κ3) is 5.89. The van der Waals surface area contributed by atoms with E-state index in [-0.39, 0.29) is 5.91 Å². The lowest BCUT2D eigenvalue weighted by atomic mass is 10.1. The largest absolute Gasteiger partial charge is 0.494 e. The summed E-state index contributed by atoms with van der Waals surface area (Å²) in [5.41, 5.74) is 3.08. The molecule has 0 fully saturated rings. The van der Waals surface area contributed by atoms with Crippen LogP contribution >= 0.6 is 11.6 Å². The van der Waals surface area contributed by atoms with E-state index in [2.05, 4.69) is 24.4 Å². The van der Waals surface area contributed by atoms with Gasteiger partial charge in [0.2, 0.25) is 5.91 Å². The number of carbonyl (C=O) groups is 1. The zero-order chi connectivity index (χ0) is 17.4. The third-order valence-electron chi connectivity index (χ3n) is 3.75. The van der Waals surface area contributed by atoms with Crippen LogP contribution in [0.5, 0.6) is 5.75 Å². The number of halogens is 1. The number of amides is 1. The summed E-state index contributed by atoms with van der Waals surface area (Å²) in [6.45, 7) is 4.63. The first-order chi connectivity index (χ1) is 11.6. The second-order valence-corrected chi connectivity index (χ2v) is 6.29. The lowest BCUT2D eigenvalue weighted by Crippen LogP contribution is -2.13. The highest BCUT2D eigenvalue weighted by molar-refractivity contribution is 6.31. The Kier molecular flexibility index (Phi) is 7.13. The number of carbonyl (C=O) groups excluding carboxylic acids is 1. The number of anilines is 1. The Balaban J connectivity index is 1.71. The van der Waals surface area contributed by atoms with Crippen molar-refractivity contribution in [3.05, 3.63) is 58.6 Å². The maximum absolute atomic E-state index is 12.0. The smallest absolute Gasteiger partial charge is 0.224 e. The topological polar surface area (TPSA) is 38.3 Å². The molecule has 2 rings (SSSR count). The third-order valence-corrected chi connectivity index (χ3v) is 3.99. The minimum atomic E-state index is -0.0257. The Hall–Kier alpha value is -2.00. The molecule has 4 heteroatoms. The van der Waals surface area contributed by atoms with Crippen LogP contribution in [0, 0.1) is 6.92 Å². The van der Waals surface area contributed by atoms with Gasteiger partial charge in [0.25, 0.3) is 0 Å². The molecule has 0 saturated heterocycles. The fraction of sp³-hybridized carbons (Fsp3) is 0.350. The molecule has 1 N–H and O–H groups in total. The number of rotatable bonds is 8. The van der Waals surface area contributed by atoms with Crippen molar-refractivity contribution in [2.24, 2.45) is 0 Å². The second kappa shape index (κ2) is 9.33. The summed E-state index contributed by atoms with van der Waals surface area (Å²) in [5, 5.41) is 3.51. The van der Waals surface area contributed by atoms with Crippen LogP contribution in [0.1, 0.15) is 37.3 Å². The van der Waals surface area contributed by atoms with E-state index in [0.717, 1.165) is 29.8 Å². The van der Waals surface area contributed by atoms with Gasteiger partial charge in [0.15, 0.2) is 0 Å². The molecule has 0 bridgehead atoms. The summed E-state index contributed by atoms with van der Waals surface area (Å²) >= 11 is 5.95. The van der Waals surface area contributed by atoms with Crippen molar-refractivity contribution < 1.29 is 9.53 Å². The van der Waals surface area contributed by atoms with Crippen molar-refractivity contribution in [1.82, 2.24) is 0 Å². The molecule has 0 aromatic heterocycles. The zero-order valence-corrected chi connectivity index (χ0v) is 15.0. The lowest BCUT2D eigenvalue weighted by Gasteiger charge is -2.10. The van der Waals surface area contributed by atoms with Gasteiger partial charge in [-0.05, 0) is 55.2 Å². The minimum Gasteiger partial charge on any atom is -0.494 e. The maximum atomic E-state index is 12.0. The number of hydrogen-bond acceptors (Lipinski definition) is 2. The summed E-state index contributed by atoms with van der Waals surface area (Å²) in [5.74, 6) is 0.822. The molecule has 3 nitrogen and oxygen atoms in total. The SMILES string of the molecule is CCCc1ccc(OCCCC(=O)Nc2cc(Cl)ccc2C)cc1. The van der Waals surface area contributed by atoms with Crippen LogP contribution in [0.15, 0.2) is 42.5 Å². The quantitative estimate of drug-likeness (QED) is 0.650. The molecule has 0 saturated carbocycles. The average Bonchev–Trinajstić information content (AvgIpc) is 2.57. The van der Waals surface area contributed by atoms with Crippen molar-refractivity contribution in [1.29, 1.82) is 0 Å². The molecular formula is C20H24ClNO2. The normalized spacial score (nSPS) is 10.5. The van der Waals surface area contributed by atoms with Crippen molar-refractivity contribution in [2.75, 3.05) is 11.9 Å². The zero-order valence-electron chi connectivity index (χ0n) is 14.3. The summed E-state index contributed by atoms with van der Waals surface area (Å²) in [6.07, 6.45) is 3.31. The molecule has 2 aromatic carbocycles. The van der Waals surface area contributed by atoms with Gasteiger partial charge in [-0.15, -0.1) is 0 Å². The molecule has 24 heavy (non-hydrogen) atoms. The highest BCUT2D eigenvalue weighted by atomic mass is 35.5. The Bertz CT molecular complexity index is 668. The van der Waals surface area contributed by atoms with Crippen LogP contribution in [0.4, 0.5) is 5.69 Å². The molecule has 0 aliphatic heterocycles. The Morgan fingerprint density at radius 1 is 1.17 bits per heavy atom. The first kappa shape index (κ1) is 18.3. The number of nitrogens with one attached hydrogen (secondary N) is 1. The monoisotopic (exact) mass is 345 g/mol. The Labute approximate surface area is 149 Å². The Morgan fingerprint density at radius 3 is 2.62 bits per heavy atom. The molecule has 0 atom stereocenters. The highest BCUT2D eigenvalue weighted by Gasteiger charge is 2.06. The van der Waals surface area contributed by atoms with Crippen LogP contribution in [0.2, 0.25) is 5.02 Å². The standard InChI is InChI=1S/C20H24ClNO2/c1-3-5-16-8-11-18(12-9-16)24-13-4-6-20(23)22-19-14-17(21)10-7-15(19)2/h7-12,14H,3-6,13H2,1-2H3,(H,22,23). The van der Waals surface area contributed by atoms with Crippen LogP contribution < -0.4 is 10.1 Å². The molecule has 2 aromatic rings. The van der Waals surface area contributed by atoms with E-state index in [4.69, 9.17) is 16.3 Å². The lowest BCUT2D eigenvalue weighted by molar-refractivity contribution is -0.116. The highest BCUT2D eigenvalue weighted by Crippen LogP contribution is 2.20. The number of aryl methyl sites for hydroxylation is 2. The molecule has 0 unspecified atom stereocenters. The maximum Gasteiger partial charge on any atom is 0.224 e. The van der Waals surface area contributed by atoms with E-state index >= 15 is 0 Å². The van der Waals surface area contributed by atoms with Crippen molar-refractivity contribution in [2.45, 2.75) is 39.5 Å². The second-order valence-electron chi connectivity index (χ2n) is 5.85. The molecular weight excluding hydrogens is 322 g/mol. The molecule has 0 aliphatic carbocycles. The van der Waals surface area contributed by atoms with E-state index in [9.17, 15) is 4.79 Å². The van der Waals surface area contributed by atoms with Crippen LogP contribution in [0.25, 0.3) is 0 Å². The fourth-order valence-corrected chi connectivity index (χ4v) is 2.58. The van der Waals surface area contributed by atoms with E-state index in [1.165, 1.54) is 5.56 Å². The van der Waals surface area contributed by atoms with Crippen molar-refractivity contribution >= 4 is 23.2 Å². The van der Waals surface area contributed by atoms with E-state index in [1.807, 2.05) is 31.2 Å². The van der Waals surface area contributed by atoms with Crippen molar-refractivity contribution in [3.63, 3.8) is 0 Å². The number of hydrogen-bond donors (Lipinski definition) is 1. The number of ether oxygens (including phenoxy) is 1. The van der Waals surface area contributed by atoms with E-state index < -0.39 is 0 Å². The van der Waals surface area contributed by atoms with Gasteiger partial charge in [0, 0.05) is 17.1 Å². The van der Waals surface area contributed by atoms with Gasteiger partial charge in [-0.2, -0.15) is 0 Å². The first-order valence-electron chi connectivity index (χ1n) is 8.36. The van der Waals surface area contributed by atoms with E-state index in [0.29, 0.717) is 24.5 Å². The molecule has 0 heterocycles. The predicted molar refractivity (Wildman–Crippen MR) is 100.0 cm³/mol. The summed E-state index contributed by atoms with van der Waals surface area (Å²) in [7, 11) is 0. The van der Waals surface area contributed by atoms with Gasteiger partial charge in [-0.1, -0.05) is 43.1 Å². The van der Waals surface area contributed by atoms with Gasteiger partial charge >= 0.3 is 0 Å². The fourth-order valence-electron chi connectivity index (χ4n) is 2.41. The van der Waals surface area contributed by atoms with E-state index in [1.54, 1.807) is 6.07 Å². The van der Waals surface area contributed by atoms with Gasteiger partial charge in [-0.25, -0.2) is 0 Å². The summed E-state index contributed by atoms with van der Waals surface area (Å²) in [4.78, 5) is 12.0. The Morgan fingerprint density at radius 2 is 1.92 bits per heavy atom. The van der Waals surface area contributed by atoms with Gasteiger partial charge in [-0.3, -0.25) is 4.79 Å². The summed E-state index contributed by atoms with van der Waals surface area (Å²) < 4.78 is 5.68. The average molecular weight is 346 g/mol. The molecule has 128 valence electrons. The van der Waals surface area contributed by atoms with Gasteiger partial charge in [0.1, 0.15) is 5.75 Å².